The summed E-state index contributed by atoms with van der Waals surface area (Å²) < 4.78 is 13.6. The Hall–Kier alpha value is -0.610. The molecule has 1 rings (SSSR count). The number of hydrogen-bond donors (Lipinski definition) is 2. The van der Waals surface area contributed by atoms with E-state index in [1.807, 2.05) is 0 Å². The minimum Gasteiger partial charge on any atom is -0.396 e. The summed E-state index contributed by atoms with van der Waals surface area (Å²) in [5.74, 6) is -0.269. The summed E-state index contributed by atoms with van der Waals surface area (Å²) in [6.07, 6.45) is 0.656. The number of hydrogen-bond acceptors (Lipinski definition) is 2. The molecule has 72 valence electrons. The zero-order valence-corrected chi connectivity index (χ0v) is 8.64. The van der Waals surface area contributed by atoms with Gasteiger partial charge in [-0.2, -0.15) is 0 Å². The van der Waals surface area contributed by atoms with E-state index in [9.17, 15) is 4.39 Å². The maximum Gasteiger partial charge on any atom is 0.125 e. The Morgan fingerprint density at radius 1 is 1.46 bits per heavy atom. The summed E-state index contributed by atoms with van der Waals surface area (Å²) >= 11 is 3.29. The van der Waals surface area contributed by atoms with Crippen LogP contribution in [0.2, 0.25) is 0 Å². The first-order chi connectivity index (χ1) is 6.24. The van der Waals surface area contributed by atoms with Crippen LogP contribution in [0.15, 0.2) is 22.7 Å². The molecule has 2 N–H and O–H groups in total. The van der Waals surface area contributed by atoms with Gasteiger partial charge in [0, 0.05) is 17.6 Å². The smallest absolute Gasteiger partial charge is 0.125 e. The van der Waals surface area contributed by atoms with Crippen molar-refractivity contribution in [2.24, 2.45) is 0 Å². The van der Waals surface area contributed by atoms with E-state index in [0.29, 0.717) is 18.7 Å². The van der Waals surface area contributed by atoms with Crippen LogP contribution in [0.25, 0.3) is 0 Å². The van der Waals surface area contributed by atoms with Crippen LogP contribution in [-0.4, -0.2) is 18.3 Å². The van der Waals surface area contributed by atoms with Crippen molar-refractivity contribution in [2.75, 3.05) is 18.5 Å². The largest absolute Gasteiger partial charge is 0.396 e. The lowest BCUT2D eigenvalue weighted by molar-refractivity contribution is 0.292. The van der Waals surface area contributed by atoms with E-state index in [1.165, 1.54) is 12.1 Å². The quantitative estimate of drug-likeness (QED) is 0.802. The van der Waals surface area contributed by atoms with E-state index in [2.05, 4.69) is 21.2 Å². The van der Waals surface area contributed by atoms with Crippen LogP contribution < -0.4 is 5.32 Å². The average molecular weight is 248 g/mol. The Morgan fingerprint density at radius 2 is 2.23 bits per heavy atom. The van der Waals surface area contributed by atoms with Gasteiger partial charge in [0.1, 0.15) is 5.82 Å². The van der Waals surface area contributed by atoms with E-state index in [1.54, 1.807) is 6.07 Å². The van der Waals surface area contributed by atoms with E-state index in [0.717, 1.165) is 4.47 Å². The molecule has 0 spiro atoms. The van der Waals surface area contributed by atoms with E-state index in [4.69, 9.17) is 5.11 Å². The summed E-state index contributed by atoms with van der Waals surface area (Å²) in [7, 11) is 0. The fraction of sp³-hybridized carbons (Fsp3) is 0.333. The molecule has 2 nitrogen and oxygen atoms in total. The molecule has 0 saturated heterocycles. The molecule has 0 aliphatic heterocycles. The summed E-state index contributed by atoms with van der Waals surface area (Å²) in [6.45, 7) is 0.776. The van der Waals surface area contributed by atoms with Crippen LogP contribution in [0.5, 0.6) is 0 Å². The lowest BCUT2D eigenvalue weighted by Crippen LogP contribution is -2.04. The van der Waals surface area contributed by atoms with Crippen LogP contribution in [0, 0.1) is 5.82 Å². The Morgan fingerprint density at radius 3 is 2.92 bits per heavy atom. The second-order valence-electron chi connectivity index (χ2n) is 2.63. The number of rotatable bonds is 4. The van der Waals surface area contributed by atoms with E-state index >= 15 is 0 Å². The number of anilines is 1. The summed E-state index contributed by atoms with van der Waals surface area (Å²) in [4.78, 5) is 0. The molecule has 0 bridgehead atoms. The molecule has 0 aliphatic carbocycles. The molecule has 0 unspecified atom stereocenters. The van der Waals surface area contributed by atoms with E-state index < -0.39 is 0 Å². The van der Waals surface area contributed by atoms with Crippen molar-refractivity contribution in [3.8, 4) is 0 Å². The predicted octanol–water partition coefficient (Wildman–Crippen LogP) is 2.38. The van der Waals surface area contributed by atoms with E-state index in [-0.39, 0.29) is 12.4 Å². The standard InChI is InChI=1S/C9H11BrFNO/c10-8-3-2-7(11)6-9(8)12-4-1-5-13/h2-3,6,12-13H,1,4-5H2. The van der Waals surface area contributed by atoms with Gasteiger partial charge in [-0.1, -0.05) is 0 Å². The fourth-order valence-electron chi connectivity index (χ4n) is 0.935. The van der Waals surface area contributed by atoms with Gasteiger partial charge in [0.2, 0.25) is 0 Å². The molecule has 0 fully saturated rings. The van der Waals surface area contributed by atoms with Crippen LogP contribution in [0.3, 0.4) is 0 Å². The molecule has 0 amide bonds. The maximum absolute atomic E-state index is 12.7. The molecule has 0 atom stereocenters. The Kier molecular flexibility index (Phi) is 4.18. The maximum atomic E-state index is 12.7. The van der Waals surface area contributed by atoms with Gasteiger partial charge in [0.05, 0.1) is 5.69 Å². The zero-order valence-electron chi connectivity index (χ0n) is 7.06. The number of aliphatic hydroxyl groups excluding tert-OH is 1. The van der Waals surface area contributed by atoms with Crippen molar-refractivity contribution in [1.82, 2.24) is 0 Å². The van der Waals surface area contributed by atoms with Crippen LogP contribution in [0.1, 0.15) is 6.42 Å². The van der Waals surface area contributed by atoms with Gasteiger partial charge in [0.15, 0.2) is 0 Å². The second kappa shape index (κ2) is 5.19. The number of halogens is 2. The van der Waals surface area contributed by atoms with Crippen molar-refractivity contribution in [3.63, 3.8) is 0 Å². The molecule has 0 aliphatic rings. The van der Waals surface area contributed by atoms with Gasteiger partial charge < -0.3 is 10.4 Å². The lowest BCUT2D eigenvalue weighted by atomic mass is 10.3. The van der Waals surface area contributed by atoms with Gasteiger partial charge in [-0.15, -0.1) is 0 Å². The molecular formula is C9H11BrFNO. The SMILES string of the molecule is OCCCNc1cc(F)ccc1Br. The normalized spacial score (nSPS) is 10.1. The molecular weight excluding hydrogens is 237 g/mol. The first-order valence-corrected chi connectivity index (χ1v) is 4.83. The average Bonchev–Trinajstić information content (AvgIpc) is 2.11. The minimum atomic E-state index is -0.269. The molecule has 0 radical (unpaired) electrons. The second-order valence-corrected chi connectivity index (χ2v) is 3.48. The van der Waals surface area contributed by atoms with Gasteiger partial charge >= 0.3 is 0 Å². The van der Waals surface area contributed by atoms with Gasteiger partial charge in [0.25, 0.3) is 0 Å². The molecule has 1 aromatic rings. The highest BCUT2D eigenvalue weighted by Gasteiger charge is 1.99. The summed E-state index contributed by atoms with van der Waals surface area (Å²) in [5.41, 5.74) is 0.716. The van der Waals surface area contributed by atoms with Crippen molar-refractivity contribution < 1.29 is 9.50 Å². The molecule has 0 heterocycles. The van der Waals surface area contributed by atoms with Gasteiger partial charge in [-0.25, -0.2) is 4.39 Å². The Bertz CT molecular complexity index is 280. The molecule has 4 heteroatoms. The van der Waals surface area contributed by atoms with Crippen LogP contribution in [0.4, 0.5) is 10.1 Å². The third-order valence-electron chi connectivity index (χ3n) is 1.58. The highest BCUT2D eigenvalue weighted by molar-refractivity contribution is 9.10. The summed E-state index contributed by atoms with van der Waals surface area (Å²) in [5, 5.41) is 11.6. The lowest BCUT2D eigenvalue weighted by Gasteiger charge is -2.07. The number of nitrogens with one attached hydrogen (secondary N) is 1. The molecule has 1 aromatic carbocycles. The monoisotopic (exact) mass is 247 g/mol. The first-order valence-electron chi connectivity index (χ1n) is 4.04. The van der Waals surface area contributed by atoms with Crippen molar-refractivity contribution >= 4 is 21.6 Å². The summed E-state index contributed by atoms with van der Waals surface area (Å²) in [6, 6.07) is 4.46. The zero-order chi connectivity index (χ0) is 9.68. The van der Waals surface area contributed by atoms with Crippen LogP contribution >= 0.6 is 15.9 Å². The van der Waals surface area contributed by atoms with Gasteiger partial charge in [-0.3, -0.25) is 0 Å². The first kappa shape index (κ1) is 10.5. The highest BCUT2D eigenvalue weighted by atomic mass is 79.9. The highest BCUT2D eigenvalue weighted by Crippen LogP contribution is 2.22. The minimum absolute atomic E-state index is 0.139. The Labute approximate surface area is 84.9 Å². The van der Waals surface area contributed by atoms with Gasteiger partial charge in [-0.05, 0) is 40.5 Å². The predicted molar refractivity (Wildman–Crippen MR) is 54.3 cm³/mol. The molecule has 0 aromatic heterocycles. The third kappa shape index (κ3) is 3.32. The number of benzene rings is 1. The van der Waals surface area contributed by atoms with Crippen molar-refractivity contribution in [2.45, 2.75) is 6.42 Å². The fourth-order valence-corrected chi connectivity index (χ4v) is 1.32. The molecule has 0 saturated carbocycles. The van der Waals surface area contributed by atoms with Crippen molar-refractivity contribution in [3.05, 3.63) is 28.5 Å². The third-order valence-corrected chi connectivity index (χ3v) is 2.27. The topological polar surface area (TPSA) is 32.3 Å². The van der Waals surface area contributed by atoms with Crippen molar-refractivity contribution in [1.29, 1.82) is 0 Å². The van der Waals surface area contributed by atoms with Crippen LogP contribution in [-0.2, 0) is 0 Å². The Balaban J connectivity index is 2.59. The molecule has 13 heavy (non-hydrogen) atoms. The number of aliphatic hydroxyl groups is 1.